The molecule has 0 aromatic carbocycles. The van der Waals surface area contributed by atoms with Gasteiger partial charge in [-0.15, -0.1) is 0 Å². The summed E-state index contributed by atoms with van der Waals surface area (Å²) in [5.74, 6) is -0.836. The molecule has 0 aliphatic carbocycles. The second-order valence-corrected chi connectivity index (χ2v) is 5.38. The SMILES string of the molecule is CCCC1(C(=O)O)CCCN(C(=O)NCCNC(N)=O)C1. The van der Waals surface area contributed by atoms with Gasteiger partial charge < -0.3 is 26.4 Å². The number of carboxylic acid groups (broad SMARTS) is 1. The fourth-order valence-electron chi connectivity index (χ4n) is 2.74. The lowest BCUT2D eigenvalue weighted by Crippen LogP contribution is -2.53. The maximum Gasteiger partial charge on any atom is 0.317 e. The first kappa shape index (κ1) is 17.1. The summed E-state index contributed by atoms with van der Waals surface area (Å²) in [6.45, 7) is 3.22. The monoisotopic (exact) mass is 300 g/mol. The molecule has 1 heterocycles. The summed E-state index contributed by atoms with van der Waals surface area (Å²) in [4.78, 5) is 35.6. The summed E-state index contributed by atoms with van der Waals surface area (Å²) in [5, 5.41) is 14.5. The third kappa shape index (κ3) is 4.80. The van der Waals surface area contributed by atoms with Crippen LogP contribution >= 0.6 is 0 Å². The van der Waals surface area contributed by atoms with Crippen molar-refractivity contribution >= 4 is 18.0 Å². The molecule has 120 valence electrons. The van der Waals surface area contributed by atoms with E-state index in [0.29, 0.717) is 25.8 Å². The van der Waals surface area contributed by atoms with Gasteiger partial charge in [0.05, 0.1) is 5.41 Å². The van der Waals surface area contributed by atoms with Crippen LogP contribution in [-0.2, 0) is 4.79 Å². The number of primary amides is 1. The minimum atomic E-state index is -0.837. The molecule has 0 aromatic rings. The molecular weight excluding hydrogens is 276 g/mol. The Labute approximate surface area is 124 Å². The van der Waals surface area contributed by atoms with Crippen LogP contribution in [0.3, 0.4) is 0 Å². The van der Waals surface area contributed by atoms with Crippen molar-refractivity contribution in [1.29, 1.82) is 0 Å². The van der Waals surface area contributed by atoms with E-state index in [1.165, 1.54) is 4.90 Å². The Bertz CT molecular complexity index is 398. The van der Waals surface area contributed by atoms with Crippen LogP contribution < -0.4 is 16.4 Å². The van der Waals surface area contributed by atoms with Crippen LogP contribution in [-0.4, -0.2) is 54.2 Å². The molecule has 1 aliphatic heterocycles. The van der Waals surface area contributed by atoms with E-state index >= 15 is 0 Å². The Hall–Kier alpha value is -1.99. The van der Waals surface area contributed by atoms with Gasteiger partial charge in [0, 0.05) is 26.2 Å². The summed E-state index contributed by atoms with van der Waals surface area (Å²) in [6, 6.07) is -0.947. The summed E-state index contributed by atoms with van der Waals surface area (Å²) in [6.07, 6.45) is 2.61. The van der Waals surface area contributed by atoms with Crippen molar-refractivity contribution < 1.29 is 19.5 Å². The fourth-order valence-corrected chi connectivity index (χ4v) is 2.74. The van der Waals surface area contributed by atoms with Gasteiger partial charge in [0.2, 0.25) is 0 Å². The second-order valence-electron chi connectivity index (χ2n) is 5.38. The number of hydrogen-bond acceptors (Lipinski definition) is 3. The maximum atomic E-state index is 12.0. The van der Waals surface area contributed by atoms with E-state index < -0.39 is 17.4 Å². The number of rotatable bonds is 6. The number of hydrogen-bond donors (Lipinski definition) is 4. The van der Waals surface area contributed by atoms with E-state index in [1.54, 1.807) is 0 Å². The molecule has 1 atom stereocenters. The van der Waals surface area contributed by atoms with Gasteiger partial charge in [-0.05, 0) is 19.3 Å². The Morgan fingerprint density at radius 2 is 1.95 bits per heavy atom. The highest BCUT2D eigenvalue weighted by Gasteiger charge is 2.42. The highest BCUT2D eigenvalue weighted by molar-refractivity contribution is 5.79. The van der Waals surface area contributed by atoms with Gasteiger partial charge in [0.15, 0.2) is 0 Å². The van der Waals surface area contributed by atoms with Gasteiger partial charge in [-0.1, -0.05) is 13.3 Å². The second kappa shape index (κ2) is 7.70. The molecule has 0 aromatic heterocycles. The Morgan fingerprint density at radius 1 is 1.29 bits per heavy atom. The number of nitrogens with two attached hydrogens (primary N) is 1. The van der Waals surface area contributed by atoms with E-state index in [0.717, 1.165) is 6.42 Å². The predicted molar refractivity (Wildman–Crippen MR) is 76.8 cm³/mol. The lowest BCUT2D eigenvalue weighted by atomic mass is 9.76. The van der Waals surface area contributed by atoms with E-state index in [2.05, 4.69) is 10.6 Å². The summed E-state index contributed by atoms with van der Waals surface area (Å²) >= 11 is 0. The van der Waals surface area contributed by atoms with Gasteiger partial charge in [-0.2, -0.15) is 0 Å². The van der Waals surface area contributed by atoms with Gasteiger partial charge >= 0.3 is 18.0 Å². The topological polar surface area (TPSA) is 125 Å². The maximum absolute atomic E-state index is 12.0. The molecule has 8 heteroatoms. The minimum Gasteiger partial charge on any atom is -0.481 e. The van der Waals surface area contributed by atoms with Gasteiger partial charge in [0.1, 0.15) is 0 Å². The molecule has 21 heavy (non-hydrogen) atoms. The number of urea groups is 2. The largest absolute Gasteiger partial charge is 0.481 e. The normalized spacial score (nSPS) is 21.7. The number of likely N-dealkylation sites (tertiary alicyclic amines) is 1. The van der Waals surface area contributed by atoms with Crippen molar-refractivity contribution in [3.05, 3.63) is 0 Å². The first-order valence-corrected chi connectivity index (χ1v) is 7.21. The standard InChI is InChI=1S/C13H24N4O4/c1-2-4-13(10(18)19)5-3-8-17(9-13)12(21)16-7-6-15-11(14)20/h2-9H2,1H3,(H,16,21)(H,18,19)(H3,14,15,20). The quantitative estimate of drug-likeness (QED) is 0.527. The molecule has 8 nitrogen and oxygen atoms in total. The number of carbonyl (C=O) groups excluding carboxylic acids is 2. The van der Waals surface area contributed by atoms with Crippen LogP contribution in [0.25, 0.3) is 0 Å². The van der Waals surface area contributed by atoms with Crippen molar-refractivity contribution in [2.45, 2.75) is 32.6 Å². The Balaban J connectivity index is 2.52. The molecule has 1 rings (SSSR count). The van der Waals surface area contributed by atoms with E-state index in [4.69, 9.17) is 5.73 Å². The number of piperidine rings is 1. The zero-order valence-corrected chi connectivity index (χ0v) is 12.4. The lowest BCUT2D eigenvalue weighted by Gasteiger charge is -2.39. The Morgan fingerprint density at radius 3 is 2.52 bits per heavy atom. The molecule has 0 bridgehead atoms. The number of nitrogens with one attached hydrogen (secondary N) is 2. The molecule has 0 spiro atoms. The number of carboxylic acids is 1. The average Bonchev–Trinajstić information content (AvgIpc) is 2.43. The number of nitrogens with zero attached hydrogens (tertiary/aromatic N) is 1. The highest BCUT2D eigenvalue weighted by atomic mass is 16.4. The molecule has 5 N–H and O–H groups in total. The van der Waals surface area contributed by atoms with Crippen LogP contribution in [0.15, 0.2) is 0 Å². The van der Waals surface area contributed by atoms with Crippen molar-refractivity contribution in [2.24, 2.45) is 11.1 Å². The summed E-state index contributed by atoms with van der Waals surface area (Å²) < 4.78 is 0. The van der Waals surface area contributed by atoms with E-state index in [9.17, 15) is 19.5 Å². The molecule has 1 aliphatic rings. The van der Waals surface area contributed by atoms with Gasteiger partial charge in [0.25, 0.3) is 0 Å². The zero-order valence-electron chi connectivity index (χ0n) is 12.4. The summed E-state index contributed by atoms with van der Waals surface area (Å²) in [7, 11) is 0. The third-order valence-electron chi connectivity index (χ3n) is 3.75. The van der Waals surface area contributed by atoms with Gasteiger partial charge in [-0.3, -0.25) is 4.79 Å². The third-order valence-corrected chi connectivity index (χ3v) is 3.75. The highest BCUT2D eigenvalue weighted by Crippen LogP contribution is 2.35. The van der Waals surface area contributed by atoms with Crippen LogP contribution in [0.2, 0.25) is 0 Å². The van der Waals surface area contributed by atoms with Crippen molar-refractivity contribution in [2.75, 3.05) is 26.2 Å². The van der Waals surface area contributed by atoms with Crippen LogP contribution in [0, 0.1) is 5.41 Å². The first-order chi connectivity index (χ1) is 9.91. The Kier molecular flexibility index (Phi) is 6.26. The van der Waals surface area contributed by atoms with Gasteiger partial charge in [-0.25, -0.2) is 9.59 Å². The number of carbonyl (C=O) groups is 3. The molecule has 1 unspecified atom stereocenters. The number of aliphatic carboxylic acids is 1. The minimum absolute atomic E-state index is 0.227. The number of amides is 4. The average molecular weight is 300 g/mol. The van der Waals surface area contributed by atoms with E-state index in [1.807, 2.05) is 6.92 Å². The van der Waals surface area contributed by atoms with Crippen LogP contribution in [0.1, 0.15) is 32.6 Å². The molecule has 1 saturated heterocycles. The van der Waals surface area contributed by atoms with Crippen LogP contribution in [0.4, 0.5) is 9.59 Å². The predicted octanol–water partition coefficient (Wildman–Crippen LogP) is 0.331. The molecule has 0 saturated carbocycles. The van der Waals surface area contributed by atoms with Crippen molar-refractivity contribution in [3.8, 4) is 0 Å². The molecular formula is C13H24N4O4. The lowest BCUT2D eigenvalue weighted by molar-refractivity contribution is -0.152. The van der Waals surface area contributed by atoms with Crippen molar-refractivity contribution in [3.63, 3.8) is 0 Å². The van der Waals surface area contributed by atoms with E-state index in [-0.39, 0.29) is 25.7 Å². The fraction of sp³-hybridized carbons (Fsp3) is 0.769. The smallest absolute Gasteiger partial charge is 0.317 e. The first-order valence-electron chi connectivity index (χ1n) is 7.21. The molecule has 0 radical (unpaired) electrons. The van der Waals surface area contributed by atoms with Crippen LogP contribution in [0.5, 0.6) is 0 Å². The van der Waals surface area contributed by atoms with Crippen molar-refractivity contribution in [1.82, 2.24) is 15.5 Å². The molecule has 1 fully saturated rings. The molecule has 4 amide bonds. The zero-order chi connectivity index (χ0) is 15.9. The summed E-state index contributed by atoms with van der Waals surface area (Å²) in [5.41, 5.74) is 4.08.